The Morgan fingerprint density at radius 1 is 1.17 bits per heavy atom. The molecule has 2 heterocycles. The fourth-order valence-electron chi connectivity index (χ4n) is 1.76. The fourth-order valence-corrected chi connectivity index (χ4v) is 2.48. The van der Waals surface area contributed by atoms with E-state index < -0.39 is 0 Å². The van der Waals surface area contributed by atoms with Crippen molar-refractivity contribution >= 4 is 27.2 Å². The van der Waals surface area contributed by atoms with Crippen molar-refractivity contribution in [3.05, 3.63) is 53.3 Å². The molecule has 0 aliphatic rings. The zero-order valence-corrected chi connectivity index (χ0v) is 10.9. The van der Waals surface area contributed by atoms with E-state index in [1.807, 2.05) is 30.8 Å². The van der Waals surface area contributed by atoms with Gasteiger partial charge in [0, 0.05) is 11.9 Å². The Kier molecular flexibility index (Phi) is 2.94. The first kappa shape index (κ1) is 11.2. The molecule has 0 radical (unpaired) electrons. The lowest BCUT2D eigenvalue weighted by Gasteiger charge is -2.06. The average Bonchev–Trinajstić information content (AvgIpc) is 2.85. The largest absolute Gasteiger partial charge is 0.379 e. The summed E-state index contributed by atoms with van der Waals surface area (Å²) in [5, 5.41) is 3.38. The molecular weight excluding hydrogens is 242 g/mol. The second-order valence-corrected chi connectivity index (χ2v) is 5.10. The molecule has 1 N–H and O–H groups in total. The van der Waals surface area contributed by atoms with Gasteiger partial charge in [-0.25, -0.2) is 4.98 Å². The van der Waals surface area contributed by atoms with Crippen LogP contribution in [-0.2, 0) is 6.54 Å². The number of rotatable bonds is 3. The molecule has 3 rings (SSSR count). The Morgan fingerprint density at radius 2 is 2.11 bits per heavy atom. The minimum atomic E-state index is 0.741. The lowest BCUT2D eigenvalue weighted by Crippen LogP contribution is -2.01. The van der Waals surface area contributed by atoms with Gasteiger partial charge in [0.15, 0.2) is 0 Å². The lowest BCUT2D eigenvalue weighted by molar-refractivity contribution is 1.04. The average molecular weight is 255 g/mol. The van der Waals surface area contributed by atoms with Crippen molar-refractivity contribution in [1.82, 2.24) is 9.97 Å². The van der Waals surface area contributed by atoms with Crippen molar-refractivity contribution in [2.24, 2.45) is 0 Å². The Morgan fingerprint density at radius 3 is 2.94 bits per heavy atom. The van der Waals surface area contributed by atoms with E-state index in [1.54, 1.807) is 11.3 Å². The summed E-state index contributed by atoms with van der Waals surface area (Å²) in [4.78, 5) is 8.64. The van der Waals surface area contributed by atoms with E-state index in [2.05, 4.69) is 33.5 Å². The monoisotopic (exact) mass is 255 g/mol. The summed E-state index contributed by atoms with van der Waals surface area (Å²) in [6, 6.07) is 10.3. The number of hydrogen-bond acceptors (Lipinski definition) is 4. The van der Waals surface area contributed by atoms with Crippen LogP contribution in [0.1, 0.15) is 11.3 Å². The standard InChI is InChI=1S/C14H13N3S/c1-10-2-3-12(15-7-10)8-16-11-4-5-13-14(6-11)18-9-17-13/h2-7,9,16H,8H2,1H3. The number of hydrogen-bond donors (Lipinski definition) is 1. The summed E-state index contributed by atoms with van der Waals surface area (Å²) < 4.78 is 1.21. The quantitative estimate of drug-likeness (QED) is 0.777. The molecule has 2 aromatic heterocycles. The van der Waals surface area contributed by atoms with Crippen LogP contribution in [0.5, 0.6) is 0 Å². The van der Waals surface area contributed by atoms with Crippen molar-refractivity contribution in [1.29, 1.82) is 0 Å². The molecule has 0 spiro atoms. The van der Waals surface area contributed by atoms with E-state index in [9.17, 15) is 0 Å². The highest BCUT2D eigenvalue weighted by atomic mass is 32.1. The van der Waals surface area contributed by atoms with E-state index >= 15 is 0 Å². The summed E-state index contributed by atoms with van der Waals surface area (Å²) in [5.41, 5.74) is 6.26. The van der Waals surface area contributed by atoms with Gasteiger partial charge in [0.05, 0.1) is 28.0 Å². The molecule has 0 atom stereocenters. The maximum absolute atomic E-state index is 4.37. The third kappa shape index (κ3) is 2.33. The third-order valence-corrected chi connectivity index (χ3v) is 3.57. The first-order valence-electron chi connectivity index (χ1n) is 5.80. The predicted octanol–water partition coefficient (Wildman–Crippen LogP) is 3.61. The van der Waals surface area contributed by atoms with Crippen LogP contribution in [0.2, 0.25) is 0 Å². The first-order chi connectivity index (χ1) is 8.81. The number of fused-ring (bicyclic) bond motifs is 1. The van der Waals surface area contributed by atoms with Gasteiger partial charge in [-0.15, -0.1) is 11.3 Å². The maximum atomic E-state index is 4.37. The van der Waals surface area contributed by atoms with Crippen molar-refractivity contribution in [3.63, 3.8) is 0 Å². The van der Waals surface area contributed by atoms with E-state index in [1.165, 1.54) is 10.3 Å². The number of thiazole rings is 1. The highest BCUT2D eigenvalue weighted by Gasteiger charge is 1.99. The van der Waals surface area contributed by atoms with Gasteiger partial charge in [-0.2, -0.15) is 0 Å². The Labute approximate surface area is 110 Å². The van der Waals surface area contributed by atoms with Gasteiger partial charge in [0.2, 0.25) is 0 Å². The number of aromatic nitrogens is 2. The molecular formula is C14H13N3S. The van der Waals surface area contributed by atoms with Crippen LogP contribution in [0.4, 0.5) is 5.69 Å². The Bertz CT molecular complexity index is 658. The molecule has 0 unspecified atom stereocenters. The second kappa shape index (κ2) is 4.74. The Balaban J connectivity index is 1.74. The van der Waals surface area contributed by atoms with Gasteiger partial charge in [-0.3, -0.25) is 4.98 Å². The van der Waals surface area contributed by atoms with E-state index in [4.69, 9.17) is 0 Å². The molecule has 0 fully saturated rings. The minimum absolute atomic E-state index is 0.741. The maximum Gasteiger partial charge on any atom is 0.0813 e. The van der Waals surface area contributed by atoms with Gasteiger partial charge in [-0.05, 0) is 36.8 Å². The van der Waals surface area contributed by atoms with Crippen molar-refractivity contribution in [3.8, 4) is 0 Å². The van der Waals surface area contributed by atoms with E-state index in [0.29, 0.717) is 0 Å². The van der Waals surface area contributed by atoms with Crippen LogP contribution in [0.3, 0.4) is 0 Å². The van der Waals surface area contributed by atoms with Crippen LogP contribution < -0.4 is 5.32 Å². The molecule has 0 saturated carbocycles. The first-order valence-corrected chi connectivity index (χ1v) is 6.68. The Hall–Kier alpha value is -1.94. The lowest BCUT2D eigenvalue weighted by atomic mass is 10.2. The number of pyridine rings is 1. The van der Waals surface area contributed by atoms with Gasteiger partial charge in [0.25, 0.3) is 0 Å². The molecule has 0 aliphatic heterocycles. The highest BCUT2D eigenvalue weighted by molar-refractivity contribution is 7.16. The topological polar surface area (TPSA) is 37.8 Å². The number of benzene rings is 1. The van der Waals surface area contributed by atoms with Crippen LogP contribution in [-0.4, -0.2) is 9.97 Å². The van der Waals surface area contributed by atoms with Crippen LogP contribution >= 0.6 is 11.3 Å². The summed E-state index contributed by atoms with van der Waals surface area (Å²) in [6.45, 7) is 2.78. The summed E-state index contributed by atoms with van der Waals surface area (Å²) >= 11 is 1.66. The molecule has 90 valence electrons. The molecule has 4 heteroatoms. The fraction of sp³-hybridized carbons (Fsp3) is 0.143. The smallest absolute Gasteiger partial charge is 0.0813 e. The number of aryl methyl sites for hydroxylation is 1. The molecule has 1 aromatic carbocycles. The molecule has 0 bridgehead atoms. The zero-order chi connectivity index (χ0) is 12.4. The van der Waals surface area contributed by atoms with E-state index in [-0.39, 0.29) is 0 Å². The van der Waals surface area contributed by atoms with Crippen LogP contribution in [0, 0.1) is 6.92 Å². The number of nitrogens with zero attached hydrogens (tertiary/aromatic N) is 2. The molecule has 0 saturated heterocycles. The molecule has 0 amide bonds. The van der Waals surface area contributed by atoms with Gasteiger partial charge in [0.1, 0.15) is 0 Å². The summed E-state index contributed by atoms with van der Waals surface area (Å²) in [5.74, 6) is 0. The third-order valence-electron chi connectivity index (χ3n) is 2.78. The van der Waals surface area contributed by atoms with Crippen molar-refractivity contribution in [2.75, 3.05) is 5.32 Å². The van der Waals surface area contributed by atoms with Crippen molar-refractivity contribution in [2.45, 2.75) is 13.5 Å². The predicted molar refractivity (Wildman–Crippen MR) is 75.9 cm³/mol. The minimum Gasteiger partial charge on any atom is -0.379 e. The van der Waals surface area contributed by atoms with Gasteiger partial charge >= 0.3 is 0 Å². The van der Waals surface area contributed by atoms with Gasteiger partial charge < -0.3 is 5.32 Å². The molecule has 3 aromatic rings. The highest BCUT2D eigenvalue weighted by Crippen LogP contribution is 2.22. The summed E-state index contributed by atoms with van der Waals surface area (Å²) in [6.07, 6.45) is 1.89. The molecule has 0 aliphatic carbocycles. The number of nitrogens with one attached hydrogen (secondary N) is 1. The SMILES string of the molecule is Cc1ccc(CNc2ccc3ncsc3c2)nc1. The van der Waals surface area contributed by atoms with E-state index in [0.717, 1.165) is 23.4 Å². The van der Waals surface area contributed by atoms with Crippen molar-refractivity contribution < 1.29 is 0 Å². The molecule has 18 heavy (non-hydrogen) atoms. The number of anilines is 1. The summed E-state index contributed by atoms with van der Waals surface area (Å²) in [7, 11) is 0. The normalized spacial score (nSPS) is 10.7. The van der Waals surface area contributed by atoms with Crippen LogP contribution in [0.25, 0.3) is 10.2 Å². The molecule has 3 nitrogen and oxygen atoms in total. The van der Waals surface area contributed by atoms with Gasteiger partial charge in [-0.1, -0.05) is 6.07 Å². The second-order valence-electron chi connectivity index (χ2n) is 4.22. The van der Waals surface area contributed by atoms with Crippen LogP contribution in [0.15, 0.2) is 42.0 Å². The zero-order valence-electron chi connectivity index (χ0n) is 10.1.